The quantitative estimate of drug-likeness (QED) is 0.769. The zero-order valence-electron chi connectivity index (χ0n) is 7.96. The van der Waals surface area contributed by atoms with Crippen LogP contribution in [0.15, 0.2) is 27.3 Å². The Morgan fingerprint density at radius 1 is 1.53 bits per heavy atom. The normalized spacial score (nSPS) is 12.9. The first kappa shape index (κ1) is 9.88. The molecule has 0 aliphatic heterocycles. The van der Waals surface area contributed by atoms with Crippen LogP contribution in [0.2, 0.25) is 0 Å². The molecule has 0 fully saturated rings. The van der Waals surface area contributed by atoms with Crippen molar-refractivity contribution < 1.29 is 14.0 Å². The maximum atomic E-state index is 9.52. The van der Waals surface area contributed by atoms with E-state index >= 15 is 0 Å². The molecule has 80 valence electrons. The highest BCUT2D eigenvalue weighted by Gasteiger charge is 2.17. The van der Waals surface area contributed by atoms with Crippen LogP contribution in [0.3, 0.4) is 0 Å². The van der Waals surface area contributed by atoms with Crippen LogP contribution >= 0.6 is 0 Å². The molecule has 0 aliphatic carbocycles. The summed E-state index contributed by atoms with van der Waals surface area (Å²) in [7, 11) is 0. The minimum atomic E-state index is -0.814. The number of furan rings is 1. The summed E-state index contributed by atoms with van der Waals surface area (Å²) in [6, 6.07) is 3.44. The summed E-state index contributed by atoms with van der Waals surface area (Å²) in [5.41, 5.74) is 5.30. The number of hydrogen-bond donors (Lipinski definition) is 2. The Morgan fingerprint density at radius 3 is 3.07 bits per heavy atom. The van der Waals surface area contributed by atoms with Crippen LogP contribution < -0.4 is 5.73 Å². The van der Waals surface area contributed by atoms with Gasteiger partial charge >= 0.3 is 0 Å². The second-order valence-corrected chi connectivity index (χ2v) is 3.03. The van der Waals surface area contributed by atoms with Crippen molar-refractivity contribution in [3.05, 3.63) is 24.3 Å². The van der Waals surface area contributed by atoms with Crippen molar-refractivity contribution >= 4 is 0 Å². The molecule has 2 aromatic rings. The van der Waals surface area contributed by atoms with Gasteiger partial charge in [0.15, 0.2) is 5.76 Å². The lowest BCUT2D eigenvalue weighted by Crippen LogP contribution is -2.06. The van der Waals surface area contributed by atoms with Crippen LogP contribution in [-0.4, -0.2) is 21.8 Å². The van der Waals surface area contributed by atoms with E-state index in [0.29, 0.717) is 24.6 Å². The fourth-order valence-electron chi connectivity index (χ4n) is 1.16. The first-order valence-corrected chi connectivity index (χ1v) is 4.57. The third kappa shape index (κ3) is 2.05. The monoisotopic (exact) mass is 209 g/mol. The molecule has 0 aliphatic rings. The average Bonchev–Trinajstić information content (AvgIpc) is 2.89. The molecule has 6 heteroatoms. The second-order valence-electron chi connectivity index (χ2n) is 3.03. The molecule has 2 heterocycles. The summed E-state index contributed by atoms with van der Waals surface area (Å²) in [6.07, 6.45) is 1.09. The first-order chi connectivity index (χ1) is 7.31. The number of hydrogen-bond acceptors (Lipinski definition) is 6. The number of aromatic nitrogens is 2. The Hall–Kier alpha value is -1.66. The van der Waals surface area contributed by atoms with Gasteiger partial charge in [-0.2, -0.15) is 4.98 Å². The summed E-state index contributed by atoms with van der Waals surface area (Å²) in [4.78, 5) is 3.99. The molecule has 0 bridgehead atoms. The van der Waals surface area contributed by atoms with E-state index in [4.69, 9.17) is 14.7 Å². The van der Waals surface area contributed by atoms with Crippen molar-refractivity contribution in [2.45, 2.75) is 12.5 Å². The Kier molecular flexibility index (Phi) is 2.79. The first-order valence-electron chi connectivity index (χ1n) is 4.57. The highest BCUT2D eigenvalue weighted by atomic mass is 16.5. The predicted molar refractivity (Wildman–Crippen MR) is 50.6 cm³/mol. The van der Waals surface area contributed by atoms with E-state index < -0.39 is 6.10 Å². The number of aliphatic hydroxyl groups is 1. The smallest absolute Gasteiger partial charge is 0.255 e. The lowest BCUT2D eigenvalue weighted by molar-refractivity contribution is 0.127. The van der Waals surface area contributed by atoms with E-state index in [1.54, 1.807) is 12.1 Å². The van der Waals surface area contributed by atoms with Gasteiger partial charge in [0.2, 0.25) is 5.82 Å². The Labute approximate surface area is 85.7 Å². The van der Waals surface area contributed by atoms with Gasteiger partial charge in [0.25, 0.3) is 5.89 Å². The molecular weight excluding hydrogens is 198 g/mol. The molecule has 0 aromatic carbocycles. The van der Waals surface area contributed by atoms with Crippen LogP contribution in [-0.2, 0) is 0 Å². The van der Waals surface area contributed by atoms with Gasteiger partial charge in [-0.1, -0.05) is 5.16 Å². The lowest BCUT2D eigenvalue weighted by atomic mass is 10.2. The van der Waals surface area contributed by atoms with Crippen molar-refractivity contribution in [3.8, 4) is 11.6 Å². The van der Waals surface area contributed by atoms with E-state index in [-0.39, 0.29) is 5.89 Å². The highest BCUT2D eigenvalue weighted by Crippen LogP contribution is 2.19. The van der Waals surface area contributed by atoms with Gasteiger partial charge in [-0.05, 0) is 25.1 Å². The third-order valence-corrected chi connectivity index (χ3v) is 1.91. The zero-order valence-corrected chi connectivity index (χ0v) is 7.96. The molecule has 0 saturated heterocycles. The second kappa shape index (κ2) is 4.24. The third-order valence-electron chi connectivity index (χ3n) is 1.91. The van der Waals surface area contributed by atoms with Crippen molar-refractivity contribution in [3.63, 3.8) is 0 Å². The summed E-state index contributed by atoms with van der Waals surface area (Å²) in [5.74, 6) is 0.989. The maximum absolute atomic E-state index is 9.52. The van der Waals surface area contributed by atoms with E-state index in [1.807, 2.05) is 0 Å². The van der Waals surface area contributed by atoms with Crippen LogP contribution in [0.4, 0.5) is 0 Å². The molecule has 3 N–H and O–H groups in total. The molecule has 1 atom stereocenters. The predicted octanol–water partition coefficient (Wildman–Crippen LogP) is 0.712. The standard InChI is InChI=1S/C9H11N3O3/c10-4-3-6(13)9-11-8(12-15-9)7-2-1-5-14-7/h1-2,5-6,13H,3-4,10H2/t6-/m0/s1. The largest absolute Gasteiger partial charge is 0.461 e. The van der Waals surface area contributed by atoms with Crippen molar-refractivity contribution in [2.24, 2.45) is 5.73 Å². The molecule has 0 amide bonds. The van der Waals surface area contributed by atoms with Gasteiger partial charge in [0, 0.05) is 0 Å². The summed E-state index contributed by atoms with van der Waals surface area (Å²) >= 11 is 0. The molecule has 0 saturated carbocycles. The van der Waals surface area contributed by atoms with Gasteiger partial charge < -0.3 is 19.8 Å². The molecular formula is C9H11N3O3. The van der Waals surface area contributed by atoms with E-state index in [9.17, 15) is 5.11 Å². The van der Waals surface area contributed by atoms with Crippen molar-refractivity contribution in [1.29, 1.82) is 0 Å². The number of nitrogens with zero attached hydrogens (tertiary/aromatic N) is 2. The molecule has 0 spiro atoms. The minimum Gasteiger partial charge on any atom is -0.461 e. The zero-order chi connectivity index (χ0) is 10.7. The van der Waals surface area contributed by atoms with E-state index in [2.05, 4.69) is 10.1 Å². The number of aliphatic hydroxyl groups excluding tert-OH is 1. The topological polar surface area (TPSA) is 98.3 Å². The minimum absolute atomic E-state index is 0.159. The average molecular weight is 209 g/mol. The summed E-state index contributed by atoms with van der Waals surface area (Å²) in [5, 5.41) is 13.2. The summed E-state index contributed by atoms with van der Waals surface area (Å²) in [6.45, 7) is 0.361. The van der Waals surface area contributed by atoms with Gasteiger partial charge in [-0.25, -0.2) is 0 Å². The Bertz CT molecular complexity index is 410. The fourth-order valence-corrected chi connectivity index (χ4v) is 1.16. The van der Waals surface area contributed by atoms with E-state index in [1.165, 1.54) is 6.26 Å². The number of rotatable bonds is 4. The van der Waals surface area contributed by atoms with E-state index in [0.717, 1.165) is 0 Å². The molecule has 6 nitrogen and oxygen atoms in total. The van der Waals surface area contributed by atoms with Crippen molar-refractivity contribution in [1.82, 2.24) is 10.1 Å². The number of nitrogens with two attached hydrogens (primary N) is 1. The Morgan fingerprint density at radius 2 is 2.40 bits per heavy atom. The fraction of sp³-hybridized carbons (Fsp3) is 0.333. The Balaban J connectivity index is 2.17. The van der Waals surface area contributed by atoms with Gasteiger partial charge in [0.1, 0.15) is 6.10 Å². The lowest BCUT2D eigenvalue weighted by Gasteiger charge is -2.00. The molecule has 15 heavy (non-hydrogen) atoms. The van der Waals surface area contributed by atoms with Gasteiger partial charge in [0.05, 0.1) is 6.26 Å². The van der Waals surface area contributed by atoms with Crippen LogP contribution in [0.25, 0.3) is 11.6 Å². The van der Waals surface area contributed by atoms with Crippen LogP contribution in [0.1, 0.15) is 18.4 Å². The SMILES string of the molecule is NCC[C@H](O)c1nc(-c2ccco2)no1. The maximum Gasteiger partial charge on any atom is 0.255 e. The molecule has 0 radical (unpaired) electrons. The van der Waals surface area contributed by atoms with Crippen LogP contribution in [0, 0.1) is 0 Å². The molecule has 0 unspecified atom stereocenters. The van der Waals surface area contributed by atoms with Crippen LogP contribution in [0.5, 0.6) is 0 Å². The van der Waals surface area contributed by atoms with Gasteiger partial charge in [-0.3, -0.25) is 0 Å². The molecule has 2 rings (SSSR count). The van der Waals surface area contributed by atoms with Crippen molar-refractivity contribution in [2.75, 3.05) is 6.54 Å². The summed E-state index contributed by atoms with van der Waals surface area (Å²) < 4.78 is 9.96. The molecule has 2 aromatic heterocycles. The van der Waals surface area contributed by atoms with Gasteiger partial charge in [-0.15, -0.1) is 0 Å². The highest BCUT2D eigenvalue weighted by molar-refractivity contribution is 5.44.